The van der Waals surface area contributed by atoms with Crippen LogP contribution >= 0.6 is 0 Å². The molecule has 16 heavy (non-hydrogen) atoms. The van der Waals surface area contributed by atoms with E-state index < -0.39 is 12.1 Å². The van der Waals surface area contributed by atoms with Crippen molar-refractivity contribution in [3.63, 3.8) is 0 Å². The molecular weight excluding hydrogens is 204 g/mol. The summed E-state index contributed by atoms with van der Waals surface area (Å²) in [5.74, 6) is -0.739. The van der Waals surface area contributed by atoms with Crippen LogP contribution in [0.2, 0.25) is 0 Å². The number of carbonyl (C=O) groups is 1. The molecule has 1 aromatic carbocycles. The number of rotatable bonds is 4. The predicted molar refractivity (Wildman–Crippen MR) is 60.2 cm³/mol. The first kappa shape index (κ1) is 11.1. The van der Waals surface area contributed by atoms with Gasteiger partial charge >= 0.3 is 5.97 Å². The van der Waals surface area contributed by atoms with Gasteiger partial charge in [0.2, 0.25) is 0 Å². The Kier molecular flexibility index (Phi) is 2.72. The molecule has 1 aliphatic carbocycles. The van der Waals surface area contributed by atoms with E-state index in [0.29, 0.717) is 0 Å². The molecule has 1 aromatic rings. The van der Waals surface area contributed by atoms with Crippen LogP contribution in [-0.2, 0) is 10.2 Å². The van der Waals surface area contributed by atoms with Gasteiger partial charge in [0.25, 0.3) is 0 Å². The second-order valence-corrected chi connectivity index (χ2v) is 4.65. The third-order valence-corrected chi connectivity index (χ3v) is 3.35. The fourth-order valence-corrected chi connectivity index (χ4v) is 2.12. The second-order valence-electron chi connectivity index (χ2n) is 4.65. The molecule has 0 aliphatic heterocycles. The van der Waals surface area contributed by atoms with Crippen molar-refractivity contribution in [1.29, 1.82) is 0 Å². The number of carboxylic acids is 1. The normalized spacial score (nSPS) is 19.1. The second kappa shape index (κ2) is 3.91. The fourth-order valence-electron chi connectivity index (χ4n) is 2.12. The number of hydrogen-bond acceptors (Lipinski definition) is 2. The van der Waals surface area contributed by atoms with Crippen LogP contribution in [-0.4, -0.2) is 16.2 Å². The van der Waals surface area contributed by atoms with E-state index in [-0.39, 0.29) is 11.8 Å². The molecule has 1 aliphatic rings. The molecule has 0 amide bonds. The lowest BCUT2D eigenvalue weighted by atomic mass is 9.91. The van der Waals surface area contributed by atoms with Crippen LogP contribution in [0, 0.1) is 0 Å². The maximum atomic E-state index is 10.8. The van der Waals surface area contributed by atoms with Crippen molar-refractivity contribution < 1.29 is 15.0 Å². The lowest BCUT2D eigenvalue weighted by Crippen LogP contribution is -2.12. The largest absolute Gasteiger partial charge is 0.481 e. The molecule has 1 unspecified atom stereocenters. The van der Waals surface area contributed by atoms with Gasteiger partial charge in [-0.15, -0.1) is 0 Å². The first-order valence-corrected chi connectivity index (χ1v) is 5.54. The first-order valence-electron chi connectivity index (χ1n) is 5.54. The molecule has 3 heteroatoms. The predicted octanol–water partition coefficient (Wildman–Crippen LogP) is 2.25. The Hall–Kier alpha value is -1.35. The van der Waals surface area contributed by atoms with Crippen LogP contribution < -0.4 is 0 Å². The topological polar surface area (TPSA) is 57.5 Å². The number of aliphatic carboxylic acids is 1. The van der Waals surface area contributed by atoms with Gasteiger partial charge in [0.1, 0.15) is 0 Å². The van der Waals surface area contributed by atoms with Crippen molar-refractivity contribution in [2.75, 3.05) is 0 Å². The molecule has 86 valence electrons. The summed E-state index contributed by atoms with van der Waals surface area (Å²) in [5.41, 5.74) is 1.82. The molecule has 3 nitrogen and oxygen atoms in total. The Morgan fingerprint density at radius 1 is 1.38 bits per heavy atom. The molecule has 0 saturated heterocycles. The summed E-state index contributed by atoms with van der Waals surface area (Å²) in [7, 11) is 0. The summed E-state index contributed by atoms with van der Waals surface area (Å²) in [4.78, 5) is 10.8. The van der Waals surface area contributed by atoms with Crippen LogP contribution in [0.1, 0.15) is 43.4 Å². The van der Waals surface area contributed by atoms with Crippen molar-refractivity contribution in [2.45, 2.75) is 37.7 Å². The van der Waals surface area contributed by atoms with Gasteiger partial charge < -0.3 is 10.2 Å². The van der Waals surface area contributed by atoms with E-state index in [9.17, 15) is 9.90 Å². The third-order valence-electron chi connectivity index (χ3n) is 3.35. The Morgan fingerprint density at radius 2 is 1.94 bits per heavy atom. The van der Waals surface area contributed by atoms with Crippen LogP contribution in [0.25, 0.3) is 0 Å². The maximum Gasteiger partial charge on any atom is 0.304 e. The highest BCUT2D eigenvalue weighted by molar-refractivity contribution is 5.70. The smallest absolute Gasteiger partial charge is 0.304 e. The van der Waals surface area contributed by atoms with Crippen LogP contribution in [0.5, 0.6) is 0 Å². The van der Waals surface area contributed by atoms with Crippen molar-refractivity contribution >= 4 is 5.97 Å². The fraction of sp³-hybridized carbons (Fsp3) is 0.462. The Bertz CT molecular complexity index is 388. The van der Waals surface area contributed by atoms with Crippen LogP contribution in [0.15, 0.2) is 24.3 Å². The van der Waals surface area contributed by atoms with E-state index in [1.54, 1.807) is 6.92 Å². The molecule has 1 atom stereocenters. The standard InChI is InChI=1S/C13H16O3/c1-9(14)10-2-4-11(5-3-10)13(6-7-13)8-12(15)16/h2-5,9,14H,6-8H2,1H3,(H,15,16). The zero-order valence-electron chi connectivity index (χ0n) is 9.31. The summed E-state index contributed by atoms with van der Waals surface area (Å²) in [5, 5.41) is 18.2. The number of benzene rings is 1. The summed E-state index contributed by atoms with van der Waals surface area (Å²) in [6.45, 7) is 1.72. The molecule has 2 N–H and O–H groups in total. The van der Waals surface area contributed by atoms with Gasteiger partial charge in [0, 0.05) is 5.41 Å². The zero-order valence-corrected chi connectivity index (χ0v) is 9.31. The van der Waals surface area contributed by atoms with E-state index in [1.165, 1.54) is 0 Å². The third kappa shape index (κ3) is 2.09. The van der Waals surface area contributed by atoms with Gasteiger partial charge in [-0.3, -0.25) is 4.79 Å². The van der Waals surface area contributed by atoms with Gasteiger partial charge in [-0.1, -0.05) is 24.3 Å². The highest BCUT2D eigenvalue weighted by Crippen LogP contribution is 2.51. The van der Waals surface area contributed by atoms with Crippen LogP contribution in [0.3, 0.4) is 0 Å². The minimum Gasteiger partial charge on any atom is -0.481 e. The van der Waals surface area contributed by atoms with Gasteiger partial charge in [0.15, 0.2) is 0 Å². The molecule has 0 radical (unpaired) electrons. The minimum absolute atomic E-state index is 0.136. The molecule has 0 spiro atoms. The van der Waals surface area contributed by atoms with E-state index >= 15 is 0 Å². The lowest BCUT2D eigenvalue weighted by molar-refractivity contribution is -0.137. The van der Waals surface area contributed by atoms with E-state index in [2.05, 4.69) is 0 Å². The van der Waals surface area contributed by atoms with Crippen LogP contribution in [0.4, 0.5) is 0 Å². The summed E-state index contributed by atoms with van der Waals surface area (Å²) < 4.78 is 0. The quantitative estimate of drug-likeness (QED) is 0.818. The van der Waals surface area contributed by atoms with Gasteiger partial charge in [-0.2, -0.15) is 0 Å². The van der Waals surface area contributed by atoms with Crippen molar-refractivity contribution in [3.8, 4) is 0 Å². The highest BCUT2D eigenvalue weighted by Gasteiger charge is 2.45. The monoisotopic (exact) mass is 220 g/mol. The number of aliphatic hydroxyl groups excluding tert-OH is 1. The first-order chi connectivity index (χ1) is 7.53. The van der Waals surface area contributed by atoms with E-state index in [0.717, 1.165) is 24.0 Å². The van der Waals surface area contributed by atoms with E-state index in [1.807, 2.05) is 24.3 Å². The Morgan fingerprint density at radius 3 is 2.31 bits per heavy atom. The summed E-state index contributed by atoms with van der Waals surface area (Å²) in [6, 6.07) is 7.64. The molecule has 0 bridgehead atoms. The summed E-state index contributed by atoms with van der Waals surface area (Å²) in [6.07, 6.45) is 1.64. The van der Waals surface area contributed by atoms with E-state index in [4.69, 9.17) is 5.11 Å². The lowest BCUT2D eigenvalue weighted by Gasteiger charge is -2.14. The Balaban J connectivity index is 2.19. The molecule has 2 rings (SSSR count). The molecular formula is C13H16O3. The van der Waals surface area contributed by atoms with Gasteiger partial charge in [-0.05, 0) is 30.9 Å². The molecule has 0 aromatic heterocycles. The average molecular weight is 220 g/mol. The van der Waals surface area contributed by atoms with Crippen molar-refractivity contribution in [3.05, 3.63) is 35.4 Å². The molecule has 0 heterocycles. The molecule has 1 fully saturated rings. The number of carboxylic acid groups (broad SMARTS) is 1. The zero-order chi connectivity index (χ0) is 11.8. The summed E-state index contributed by atoms with van der Waals surface area (Å²) >= 11 is 0. The van der Waals surface area contributed by atoms with Gasteiger partial charge in [-0.25, -0.2) is 0 Å². The molecule has 1 saturated carbocycles. The maximum absolute atomic E-state index is 10.8. The minimum atomic E-state index is -0.739. The number of aliphatic hydroxyl groups is 1. The number of hydrogen-bond donors (Lipinski definition) is 2. The average Bonchev–Trinajstić information content (AvgIpc) is 2.98. The highest BCUT2D eigenvalue weighted by atomic mass is 16.4. The van der Waals surface area contributed by atoms with Crippen molar-refractivity contribution in [2.24, 2.45) is 0 Å². The Labute approximate surface area is 94.7 Å². The van der Waals surface area contributed by atoms with Gasteiger partial charge in [0.05, 0.1) is 12.5 Å². The van der Waals surface area contributed by atoms with Crippen molar-refractivity contribution in [1.82, 2.24) is 0 Å². The SMILES string of the molecule is CC(O)c1ccc(C2(CC(=O)O)CC2)cc1.